The topological polar surface area (TPSA) is 38.7 Å². The quantitative estimate of drug-likeness (QED) is 0.185. The third kappa shape index (κ3) is 5.01. The number of hydrogen-bond donors (Lipinski definition) is 0. The Labute approximate surface area is 315 Å². The van der Waals surface area contributed by atoms with E-state index in [9.17, 15) is 0 Å². The maximum atomic E-state index is 5.20. The molecule has 0 saturated heterocycles. The van der Waals surface area contributed by atoms with Crippen LogP contribution in [0.3, 0.4) is 0 Å². The summed E-state index contributed by atoms with van der Waals surface area (Å²) in [6, 6.07) is 60.1. The van der Waals surface area contributed by atoms with Crippen LogP contribution in [0, 0.1) is 0 Å². The summed E-state index contributed by atoms with van der Waals surface area (Å²) in [6.07, 6.45) is 9.16. The molecule has 0 fully saturated rings. The standard InChI is InChI=1S/C51H35N3/c1-34-17-16-24-39(33-38-23-9-13-28-44(38)51(34)45-29-14-11-26-41(45)42-27-12-15-30-46(42)51)47-40-25-10-8-18-35(40)31-32-43(47)50-53-48(36-19-4-2-5-20-36)52-49(54-50)37-21-6-3-7-22-37/h2-33H,1H3/b24-16-,34-17+,39-33-. The Morgan fingerprint density at radius 1 is 0.444 bits per heavy atom. The van der Waals surface area contributed by atoms with Crippen LogP contribution in [0.4, 0.5) is 0 Å². The largest absolute Gasteiger partial charge is 0.208 e. The van der Waals surface area contributed by atoms with Crippen molar-refractivity contribution in [1.29, 1.82) is 0 Å². The summed E-state index contributed by atoms with van der Waals surface area (Å²) in [7, 11) is 0. The van der Waals surface area contributed by atoms with Gasteiger partial charge in [0.05, 0.1) is 5.41 Å². The fourth-order valence-corrected chi connectivity index (χ4v) is 8.62. The Morgan fingerprint density at radius 3 is 1.65 bits per heavy atom. The third-order valence-electron chi connectivity index (χ3n) is 11.0. The van der Waals surface area contributed by atoms with Crippen molar-refractivity contribution in [2.45, 2.75) is 12.3 Å². The first-order valence-corrected chi connectivity index (χ1v) is 18.5. The van der Waals surface area contributed by atoms with Crippen molar-refractivity contribution in [3.63, 3.8) is 0 Å². The van der Waals surface area contributed by atoms with Gasteiger partial charge in [0, 0.05) is 22.3 Å². The highest BCUT2D eigenvalue weighted by molar-refractivity contribution is 6.06. The second-order valence-corrected chi connectivity index (χ2v) is 14.0. The van der Waals surface area contributed by atoms with E-state index in [4.69, 9.17) is 15.0 Å². The lowest BCUT2D eigenvalue weighted by molar-refractivity contribution is 0.745. The molecule has 0 radical (unpaired) electrons. The minimum atomic E-state index is -0.453. The van der Waals surface area contributed by atoms with Crippen molar-refractivity contribution < 1.29 is 0 Å². The lowest BCUT2D eigenvalue weighted by Gasteiger charge is -2.35. The Hall–Kier alpha value is -6.97. The molecule has 0 unspecified atom stereocenters. The maximum absolute atomic E-state index is 5.20. The van der Waals surface area contributed by atoms with Crippen molar-refractivity contribution >= 4 is 22.4 Å². The molecule has 2 aliphatic carbocycles. The molecular weight excluding hydrogens is 655 g/mol. The SMILES string of the molecule is C\C1=C/C=C\C(c2c(-c3nc(-c4ccccc4)nc(-c4ccccc4)n3)ccc3ccccc23)=C\c2ccccc2C12c1ccccc1-c1ccccc12. The average Bonchev–Trinajstić information content (AvgIpc) is 3.57. The fourth-order valence-electron chi connectivity index (χ4n) is 8.62. The molecule has 2 aliphatic rings. The van der Waals surface area contributed by atoms with E-state index in [0.717, 1.165) is 38.6 Å². The summed E-state index contributed by atoms with van der Waals surface area (Å²) in [4.78, 5) is 15.4. The molecule has 8 aromatic rings. The summed E-state index contributed by atoms with van der Waals surface area (Å²) in [5.74, 6) is 1.91. The second kappa shape index (κ2) is 12.9. The number of hydrogen-bond acceptors (Lipinski definition) is 3. The average molecular weight is 690 g/mol. The first-order chi connectivity index (χ1) is 26.7. The predicted molar refractivity (Wildman–Crippen MR) is 223 cm³/mol. The highest BCUT2D eigenvalue weighted by Crippen LogP contribution is 2.57. The Kier molecular flexibility index (Phi) is 7.59. The zero-order valence-corrected chi connectivity index (χ0v) is 29.8. The van der Waals surface area contributed by atoms with E-state index in [1.807, 2.05) is 36.4 Å². The summed E-state index contributed by atoms with van der Waals surface area (Å²) in [6.45, 7) is 2.29. The van der Waals surface area contributed by atoms with Crippen molar-refractivity contribution in [3.05, 3.63) is 221 Å². The summed E-state index contributed by atoms with van der Waals surface area (Å²) in [5.41, 5.74) is 13.5. The summed E-state index contributed by atoms with van der Waals surface area (Å²) in [5, 5.41) is 2.29. The third-order valence-corrected chi connectivity index (χ3v) is 11.0. The van der Waals surface area contributed by atoms with E-state index in [1.165, 1.54) is 39.0 Å². The molecule has 0 aliphatic heterocycles. The van der Waals surface area contributed by atoms with Crippen molar-refractivity contribution in [2.75, 3.05) is 0 Å². The van der Waals surface area contributed by atoms with Gasteiger partial charge in [-0.25, -0.2) is 15.0 Å². The molecule has 254 valence electrons. The van der Waals surface area contributed by atoms with Gasteiger partial charge in [-0.2, -0.15) is 0 Å². The molecule has 10 rings (SSSR count). The van der Waals surface area contributed by atoms with E-state index in [2.05, 4.69) is 165 Å². The molecule has 3 nitrogen and oxygen atoms in total. The molecule has 54 heavy (non-hydrogen) atoms. The molecule has 0 N–H and O–H groups in total. The monoisotopic (exact) mass is 689 g/mol. The zero-order chi connectivity index (χ0) is 36.1. The fraction of sp³-hybridized carbons (Fsp3) is 0.0392. The smallest absolute Gasteiger partial charge is 0.164 e. The highest BCUT2D eigenvalue weighted by atomic mass is 15.0. The van der Waals surface area contributed by atoms with Gasteiger partial charge >= 0.3 is 0 Å². The van der Waals surface area contributed by atoms with Crippen LogP contribution in [-0.4, -0.2) is 15.0 Å². The predicted octanol–water partition coefficient (Wildman–Crippen LogP) is 12.4. The van der Waals surface area contributed by atoms with Crippen LogP contribution in [-0.2, 0) is 5.41 Å². The minimum Gasteiger partial charge on any atom is -0.208 e. The molecule has 0 saturated carbocycles. The Morgan fingerprint density at radius 2 is 0.981 bits per heavy atom. The second-order valence-electron chi connectivity index (χ2n) is 14.0. The van der Waals surface area contributed by atoms with Crippen molar-refractivity contribution in [3.8, 4) is 45.3 Å². The van der Waals surface area contributed by atoms with Crippen LogP contribution in [0.5, 0.6) is 0 Å². The molecule has 3 heteroatoms. The minimum absolute atomic E-state index is 0.453. The van der Waals surface area contributed by atoms with Gasteiger partial charge in [0.25, 0.3) is 0 Å². The normalized spacial score (nSPS) is 16.5. The molecule has 0 amide bonds. The molecule has 1 spiro atoms. The van der Waals surface area contributed by atoms with Crippen LogP contribution in [0.25, 0.3) is 67.7 Å². The maximum Gasteiger partial charge on any atom is 0.164 e. The van der Waals surface area contributed by atoms with Gasteiger partial charge in [0.2, 0.25) is 0 Å². The molecule has 1 aromatic heterocycles. The molecular formula is C51H35N3. The molecule has 0 atom stereocenters. The van der Waals surface area contributed by atoms with Gasteiger partial charge in [-0.3, -0.25) is 0 Å². The summed E-state index contributed by atoms with van der Waals surface area (Å²) < 4.78 is 0. The number of fused-ring (bicyclic) bond motifs is 8. The number of benzene rings is 7. The van der Waals surface area contributed by atoms with Crippen molar-refractivity contribution in [2.24, 2.45) is 0 Å². The van der Waals surface area contributed by atoms with Crippen molar-refractivity contribution in [1.82, 2.24) is 15.0 Å². The van der Waals surface area contributed by atoms with Crippen LogP contribution < -0.4 is 0 Å². The van der Waals surface area contributed by atoms with Gasteiger partial charge in [0.15, 0.2) is 17.5 Å². The lowest BCUT2D eigenvalue weighted by Crippen LogP contribution is -2.29. The van der Waals surface area contributed by atoms with E-state index >= 15 is 0 Å². The highest BCUT2D eigenvalue weighted by Gasteiger charge is 2.46. The van der Waals surface area contributed by atoms with Crippen LogP contribution in [0.2, 0.25) is 0 Å². The van der Waals surface area contributed by atoms with Crippen LogP contribution >= 0.6 is 0 Å². The van der Waals surface area contributed by atoms with E-state index < -0.39 is 5.41 Å². The van der Waals surface area contributed by atoms with Crippen LogP contribution in [0.15, 0.2) is 194 Å². The number of allylic oxidation sites excluding steroid dienone is 5. The Balaban J connectivity index is 1.26. The first kappa shape index (κ1) is 31.7. The number of aromatic nitrogens is 3. The van der Waals surface area contributed by atoms with Gasteiger partial charge in [-0.05, 0) is 68.8 Å². The Bertz CT molecular complexity index is 2720. The number of nitrogens with zero attached hydrogens (tertiary/aromatic N) is 3. The van der Waals surface area contributed by atoms with Gasteiger partial charge < -0.3 is 0 Å². The summed E-state index contributed by atoms with van der Waals surface area (Å²) >= 11 is 0. The van der Waals surface area contributed by atoms with E-state index in [-0.39, 0.29) is 0 Å². The number of rotatable bonds is 4. The lowest BCUT2D eigenvalue weighted by atomic mass is 9.66. The first-order valence-electron chi connectivity index (χ1n) is 18.5. The van der Waals surface area contributed by atoms with E-state index in [1.54, 1.807) is 0 Å². The van der Waals surface area contributed by atoms with Gasteiger partial charge in [-0.1, -0.05) is 188 Å². The molecule has 1 heterocycles. The molecule has 0 bridgehead atoms. The van der Waals surface area contributed by atoms with Gasteiger partial charge in [0.1, 0.15) is 0 Å². The molecule has 7 aromatic carbocycles. The van der Waals surface area contributed by atoms with Gasteiger partial charge in [-0.15, -0.1) is 0 Å². The van der Waals surface area contributed by atoms with E-state index in [0.29, 0.717) is 17.5 Å². The zero-order valence-electron chi connectivity index (χ0n) is 29.8. The van der Waals surface area contributed by atoms with Crippen LogP contribution in [0.1, 0.15) is 34.7 Å².